The van der Waals surface area contributed by atoms with Gasteiger partial charge in [-0.1, -0.05) is 13.8 Å². The van der Waals surface area contributed by atoms with Gasteiger partial charge in [-0.15, -0.1) is 0 Å². The van der Waals surface area contributed by atoms with Crippen LogP contribution in [-0.4, -0.2) is 16.0 Å². The first-order chi connectivity index (χ1) is 9.76. The van der Waals surface area contributed by atoms with Gasteiger partial charge in [-0.3, -0.25) is 4.68 Å². The summed E-state index contributed by atoms with van der Waals surface area (Å²) in [7, 11) is 0. The number of nitrogens with zero attached hydrogens (tertiary/aromatic N) is 2. The number of hydrogen-bond acceptors (Lipinski definition) is 1. The fourth-order valence-corrected chi connectivity index (χ4v) is 3.00. The van der Waals surface area contributed by atoms with Gasteiger partial charge in [0.25, 0.3) is 0 Å². The second-order valence-electron chi connectivity index (χ2n) is 6.10. The summed E-state index contributed by atoms with van der Waals surface area (Å²) in [6.07, 6.45) is -2.16. The van der Waals surface area contributed by atoms with Crippen LogP contribution in [0.3, 0.4) is 0 Å². The van der Waals surface area contributed by atoms with Crippen LogP contribution in [0.4, 0.5) is 17.6 Å². The van der Waals surface area contributed by atoms with Gasteiger partial charge in [0.15, 0.2) is 0 Å². The van der Waals surface area contributed by atoms with Gasteiger partial charge in [0.05, 0.1) is 11.7 Å². The van der Waals surface area contributed by atoms with Crippen LogP contribution in [0.2, 0.25) is 0 Å². The lowest BCUT2D eigenvalue weighted by atomic mass is 10.0. The summed E-state index contributed by atoms with van der Waals surface area (Å²) in [5.41, 5.74) is 0.864. The van der Waals surface area contributed by atoms with E-state index in [4.69, 9.17) is 0 Å². The fraction of sp³-hybridized carbons (Fsp3) is 0.533. The third kappa shape index (κ3) is 2.76. The van der Waals surface area contributed by atoms with Crippen LogP contribution in [0.25, 0.3) is 10.9 Å². The zero-order valence-electron chi connectivity index (χ0n) is 11.8. The highest BCUT2D eigenvalue weighted by Crippen LogP contribution is 2.52. The number of halogens is 4. The minimum atomic E-state index is -4.34. The van der Waals surface area contributed by atoms with Crippen LogP contribution >= 0.6 is 0 Å². The molecule has 0 N–H and O–H groups in total. The normalized spacial score (nSPS) is 22.2. The first-order valence-corrected chi connectivity index (χ1v) is 6.98. The van der Waals surface area contributed by atoms with Crippen molar-refractivity contribution in [1.29, 1.82) is 0 Å². The van der Waals surface area contributed by atoms with Crippen molar-refractivity contribution < 1.29 is 17.6 Å². The van der Waals surface area contributed by atoms with E-state index in [0.717, 1.165) is 11.1 Å². The fourth-order valence-electron chi connectivity index (χ4n) is 3.00. The van der Waals surface area contributed by atoms with Crippen LogP contribution in [0.1, 0.15) is 31.7 Å². The molecule has 1 aliphatic carbocycles. The smallest absolute Gasteiger partial charge is 0.256 e. The molecule has 1 heterocycles. The predicted molar refractivity (Wildman–Crippen MR) is 71.4 cm³/mol. The molecule has 2 aromatic rings. The molecule has 0 spiro atoms. The van der Waals surface area contributed by atoms with Crippen molar-refractivity contribution in [2.24, 2.45) is 11.8 Å². The van der Waals surface area contributed by atoms with Gasteiger partial charge < -0.3 is 0 Å². The predicted octanol–water partition coefficient (Wildman–Crippen LogP) is 4.50. The van der Waals surface area contributed by atoms with Gasteiger partial charge in [0.2, 0.25) is 0 Å². The molecule has 0 saturated heterocycles. The monoisotopic (exact) mass is 300 g/mol. The Morgan fingerprint density at radius 2 is 2.05 bits per heavy atom. The molecule has 0 unspecified atom stereocenters. The Bertz CT molecular complexity index is 672. The Balaban J connectivity index is 1.99. The second-order valence-corrected chi connectivity index (χ2v) is 6.10. The summed E-state index contributed by atoms with van der Waals surface area (Å²) in [5, 5.41) is 4.13. The molecule has 114 valence electrons. The molecule has 3 rings (SSSR count). The number of benzene rings is 1. The molecule has 6 heteroatoms. The van der Waals surface area contributed by atoms with E-state index in [1.165, 1.54) is 18.3 Å². The highest BCUT2D eigenvalue weighted by atomic mass is 19.4. The molecule has 1 fully saturated rings. The first kappa shape index (κ1) is 14.4. The molecule has 0 aliphatic heterocycles. The van der Waals surface area contributed by atoms with E-state index in [1.807, 2.05) is 0 Å². The van der Waals surface area contributed by atoms with Crippen LogP contribution in [-0.2, 0) is 6.54 Å². The molecule has 2 atom stereocenters. The molecule has 1 aliphatic rings. The molecular weight excluding hydrogens is 284 g/mol. The van der Waals surface area contributed by atoms with Crippen LogP contribution in [0.5, 0.6) is 0 Å². The van der Waals surface area contributed by atoms with Crippen LogP contribution in [0.15, 0.2) is 18.3 Å². The molecule has 0 amide bonds. The highest BCUT2D eigenvalue weighted by molar-refractivity contribution is 5.79. The number of hydrogen-bond donors (Lipinski definition) is 0. The van der Waals surface area contributed by atoms with E-state index in [1.54, 1.807) is 0 Å². The summed E-state index contributed by atoms with van der Waals surface area (Å²) in [5.74, 6) is 0.631. The van der Waals surface area contributed by atoms with Crippen molar-refractivity contribution in [3.05, 3.63) is 29.7 Å². The van der Waals surface area contributed by atoms with Gasteiger partial charge in [-0.2, -0.15) is 18.3 Å². The number of rotatable bonds is 3. The summed E-state index contributed by atoms with van der Waals surface area (Å²) in [4.78, 5) is 0. The maximum Gasteiger partial charge on any atom is 0.408 e. The summed E-state index contributed by atoms with van der Waals surface area (Å²) in [6.45, 7) is 3.00. The van der Waals surface area contributed by atoms with Crippen LogP contribution in [0, 0.1) is 17.7 Å². The van der Waals surface area contributed by atoms with Gasteiger partial charge in [-0.25, -0.2) is 4.39 Å². The number of fused-ring (bicyclic) bond motifs is 1. The average Bonchev–Trinajstić information content (AvgIpc) is 3.06. The average molecular weight is 300 g/mol. The quantitative estimate of drug-likeness (QED) is 0.763. The Hall–Kier alpha value is -1.59. The van der Waals surface area contributed by atoms with E-state index < -0.39 is 12.7 Å². The standard InChI is InChI=1S/C15H16F4N2/c1-8(2)10-4-11(10)12-5-14-9(3-13(12)16)6-20-21(14)7-15(17,18)19/h3,5-6,8,10-11H,4,7H2,1-2H3/t10-,11+/m1/s1. The molecule has 2 nitrogen and oxygen atoms in total. The summed E-state index contributed by atoms with van der Waals surface area (Å²) < 4.78 is 52.6. The van der Waals surface area contributed by atoms with E-state index in [-0.39, 0.29) is 11.7 Å². The van der Waals surface area contributed by atoms with Gasteiger partial charge in [-0.05, 0) is 41.9 Å². The van der Waals surface area contributed by atoms with Gasteiger partial charge in [0.1, 0.15) is 12.4 Å². The minimum Gasteiger partial charge on any atom is -0.256 e. The maximum absolute atomic E-state index is 14.1. The summed E-state index contributed by atoms with van der Waals surface area (Å²) >= 11 is 0. The first-order valence-electron chi connectivity index (χ1n) is 6.98. The molecular formula is C15H16F4N2. The van der Waals surface area contributed by atoms with E-state index in [0.29, 0.717) is 28.3 Å². The number of alkyl halides is 3. The minimum absolute atomic E-state index is 0.114. The molecule has 1 saturated carbocycles. The number of aromatic nitrogens is 2. The van der Waals surface area contributed by atoms with Crippen molar-refractivity contribution in [2.45, 2.75) is 38.9 Å². The Kier molecular flexibility index (Phi) is 3.22. The van der Waals surface area contributed by atoms with Crippen molar-refractivity contribution in [3.8, 4) is 0 Å². The van der Waals surface area contributed by atoms with E-state index in [2.05, 4.69) is 18.9 Å². The van der Waals surface area contributed by atoms with Crippen LogP contribution < -0.4 is 0 Å². The summed E-state index contributed by atoms with van der Waals surface area (Å²) in [6, 6.07) is 2.83. The second kappa shape index (κ2) is 4.71. The van der Waals surface area contributed by atoms with Crippen molar-refractivity contribution in [2.75, 3.05) is 0 Å². The SMILES string of the molecule is CC(C)[C@H]1C[C@@H]1c1cc2c(cnn2CC(F)(F)F)cc1F. The third-order valence-electron chi connectivity index (χ3n) is 4.18. The molecule has 0 bridgehead atoms. The van der Waals surface area contributed by atoms with Crippen molar-refractivity contribution in [3.63, 3.8) is 0 Å². The van der Waals surface area contributed by atoms with Gasteiger partial charge >= 0.3 is 6.18 Å². The Morgan fingerprint density at radius 1 is 1.33 bits per heavy atom. The molecule has 21 heavy (non-hydrogen) atoms. The lowest BCUT2D eigenvalue weighted by Crippen LogP contribution is -2.18. The highest BCUT2D eigenvalue weighted by Gasteiger charge is 2.42. The third-order valence-corrected chi connectivity index (χ3v) is 4.18. The maximum atomic E-state index is 14.1. The van der Waals surface area contributed by atoms with E-state index >= 15 is 0 Å². The Morgan fingerprint density at radius 3 is 2.62 bits per heavy atom. The molecule has 1 aromatic carbocycles. The van der Waals surface area contributed by atoms with Crippen molar-refractivity contribution >= 4 is 10.9 Å². The topological polar surface area (TPSA) is 17.8 Å². The molecule has 1 aromatic heterocycles. The zero-order valence-corrected chi connectivity index (χ0v) is 11.8. The van der Waals surface area contributed by atoms with E-state index in [9.17, 15) is 17.6 Å². The van der Waals surface area contributed by atoms with Crippen molar-refractivity contribution in [1.82, 2.24) is 9.78 Å². The largest absolute Gasteiger partial charge is 0.408 e. The van der Waals surface area contributed by atoms with Gasteiger partial charge in [0, 0.05) is 5.39 Å². The zero-order chi connectivity index (χ0) is 15.4. The Labute approximate surface area is 119 Å². The lowest BCUT2D eigenvalue weighted by Gasteiger charge is -2.09. The lowest BCUT2D eigenvalue weighted by molar-refractivity contribution is -0.141. The molecule has 0 radical (unpaired) electrons.